The van der Waals surface area contributed by atoms with Crippen molar-refractivity contribution < 1.29 is 0 Å². The van der Waals surface area contributed by atoms with Gasteiger partial charge in [0.1, 0.15) is 0 Å². The van der Waals surface area contributed by atoms with E-state index in [0.29, 0.717) is 0 Å². The van der Waals surface area contributed by atoms with E-state index in [-0.39, 0.29) is 20.7 Å². The minimum absolute atomic E-state index is 0.0790. The molecule has 0 saturated heterocycles. The minimum Gasteiger partial charge on any atom is -0.298 e. The van der Waals surface area contributed by atoms with Gasteiger partial charge in [-0.15, -0.1) is 0 Å². The fourth-order valence-electron chi connectivity index (χ4n) is 0.335. The van der Waals surface area contributed by atoms with E-state index in [9.17, 15) is 0 Å². The molecule has 2 N–H and O–H groups in total. The molecule has 0 radical (unpaired) electrons. The lowest BCUT2D eigenvalue weighted by Crippen LogP contribution is -2.03. The van der Waals surface area contributed by atoms with Crippen molar-refractivity contribution in [3.05, 3.63) is 22.3 Å². The summed E-state index contributed by atoms with van der Waals surface area (Å²) in [5.74, 6) is 0. The number of hydrogen-bond donors (Lipinski definition) is 1. The molecule has 0 aromatic carbocycles. The van der Waals surface area contributed by atoms with E-state index in [1.54, 1.807) is 0 Å². The van der Waals surface area contributed by atoms with E-state index >= 15 is 0 Å². The van der Waals surface area contributed by atoms with Crippen LogP contribution in [0.4, 0.5) is 0 Å². The van der Waals surface area contributed by atoms with E-state index in [0.717, 1.165) is 3.63 Å². The summed E-state index contributed by atoms with van der Waals surface area (Å²) in [6.07, 6.45) is 5.98. The Labute approximate surface area is 52.6 Å². The van der Waals surface area contributed by atoms with E-state index in [1.165, 1.54) is 0 Å². The summed E-state index contributed by atoms with van der Waals surface area (Å²) < 4.78 is 3.20. The Morgan fingerprint density at radius 3 is 2.57 bits per heavy atom. The lowest BCUT2D eigenvalue weighted by Gasteiger charge is -1.88. The summed E-state index contributed by atoms with van der Waals surface area (Å²) >= 11 is 0.0790. The van der Waals surface area contributed by atoms with Crippen LogP contribution in [0.1, 0.15) is 0 Å². The summed E-state index contributed by atoms with van der Waals surface area (Å²) in [6.45, 7) is 0. The molecule has 1 aliphatic rings. The second kappa shape index (κ2) is 2.37. The zero-order valence-electron chi connectivity index (χ0n) is 3.76. The molecule has 1 aliphatic heterocycles. The first kappa shape index (κ1) is 5.18. The third-order valence-electron chi connectivity index (χ3n) is 0.628. The highest BCUT2D eigenvalue weighted by Crippen LogP contribution is 2.04. The van der Waals surface area contributed by atoms with Crippen LogP contribution in [-0.4, -0.2) is 3.63 Å². The quantitative estimate of drug-likeness (QED) is 0.592. The third-order valence-corrected chi connectivity index (χ3v) is 2.48. The predicted octanol–water partition coefficient (Wildman–Crippen LogP) is 1.13. The molecule has 0 aromatic rings. The maximum atomic E-state index is 5.46. The molecular weight excluding hydrogens is 201 g/mol. The van der Waals surface area contributed by atoms with Crippen LogP contribution in [0.2, 0.25) is 0 Å². The molecule has 0 aromatic heterocycles. The Bertz CT molecular complexity index is 144. The van der Waals surface area contributed by atoms with Crippen molar-refractivity contribution in [2.24, 2.45) is 5.73 Å². The second-order valence-electron chi connectivity index (χ2n) is 1.17. The van der Waals surface area contributed by atoms with Crippen LogP contribution in [0.25, 0.3) is 0 Å². The highest BCUT2D eigenvalue weighted by Gasteiger charge is 1.80. The van der Waals surface area contributed by atoms with Crippen LogP contribution >= 0.6 is 20.7 Å². The summed E-state index contributed by atoms with van der Waals surface area (Å²) in [5, 5.41) is 0. The fraction of sp³-hybridized carbons (Fsp3) is 0. The number of hydrogen-bond acceptors (Lipinski definition) is 1. The normalized spacial score (nSPS) is 18.1. The lowest BCUT2D eigenvalue weighted by molar-refractivity contribution is 1.82. The molecular formula is C5H6IN. The largest absolute Gasteiger partial charge is 0.298 e. The molecule has 0 saturated carbocycles. The fourth-order valence-corrected chi connectivity index (χ4v) is 1.61. The van der Waals surface area contributed by atoms with Crippen LogP contribution in [0.5, 0.6) is 0 Å². The van der Waals surface area contributed by atoms with E-state index in [1.807, 2.05) is 18.2 Å². The van der Waals surface area contributed by atoms with Crippen LogP contribution in [0.3, 0.4) is 0 Å². The summed E-state index contributed by atoms with van der Waals surface area (Å²) in [5.41, 5.74) is 5.46. The van der Waals surface area contributed by atoms with Gasteiger partial charge < -0.3 is 0 Å². The summed E-state index contributed by atoms with van der Waals surface area (Å²) in [6, 6.07) is 0. The summed E-state index contributed by atoms with van der Waals surface area (Å²) in [4.78, 5) is 0. The highest BCUT2D eigenvalue weighted by molar-refractivity contribution is 14.2. The smallest absolute Gasteiger partial charge is 0.0455 e. The lowest BCUT2D eigenvalue weighted by atomic mass is 10.5. The maximum Gasteiger partial charge on any atom is 0.0455 e. The van der Waals surface area contributed by atoms with Gasteiger partial charge in [-0.05, 0) is 10.2 Å². The monoisotopic (exact) mass is 207 g/mol. The number of allylic oxidation sites excluding steroid dienone is 2. The van der Waals surface area contributed by atoms with Crippen molar-refractivity contribution >= 4 is 24.4 Å². The molecule has 1 heterocycles. The van der Waals surface area contributed by atoms with Crippen molar-refractivity contribution in [1.29, 1.82) is 0 Å². The van der Waals surface area contributed by atoms with Crippen LogP contribution in [0.15, 0.2) is 22.3 Å². The van der Waals surface area contributed by atoms with Gasteiger partial charge in [0.2, 0.25) is 0 Å². The van der Waals surface area contributed by atoms with Gasteiger partial charge in [-0.3, -0.25) is 5.73 Å². The zero-order chi connectivity index (χ0) is 5.11. The first-order chi connectivity index (χ1) is 3.39. The first-order valence-electron chi connectivity index (χ1n) is 1.98. The van der Waals surface area contributed by atoms with Gasteiger partial charge in [0.15, 0.2) is 0 Å². The zero-order valence-corrected chi connectivity index (χ0v) is 5.92. The molecule has 0 aliphatic carbocycles. The van der Waals surface area contributed by atoms with Gasteiger partial charge in [0.05, 0.1) is 0 Å². The van der Waals surface area contributed by atoms with Crippen LogP contribution in [-0.2, 0) is 0 Å². The Morgan fingerprint density at radius 2 is 2.29 bits per heavy atom. The van der Waals surface area contributed by atoms with Crippen molar-refractivity contribution in [3.63, 3.8) is 0 Å². The molecule has 0 spiro atoms. The Hall–Kier alpha value is 0.0400. The highest BCUT2D eigenvalue weighted by atomic mass is 127. The Morgan fingerprint density at radius 1 is 1.43 bits per heavy atom. The van der Waals surface area contributed by atoms with E-state index in [4.69, 9.17) is 5.73 Å². The van der Waals surface area contributed by atoms with Crippen molar-refractivity contribution in [3.8, 4) is 0 Å². The third kappa shape index (κ3) is 1.53. The molecule has 7 heavy (non-hydrogen) atoms. The molecule has 0 atom stereocenters. The Kier molecular flexibility index (Phi) is 1.76. The van der Waals surface area contributed by atoms with E-state index < -0.39 is 0 Å². The van der Waals surface area contributed by atoms with Crippen LogP contribution < -0.4 is 5.73 Å². The molecule has 38 valence electrons. The number of rotatable bonds is 0. The average Bonchev–Trinajstić information content (AvgIpc) is 1.69. The van der Waals surface area contributed by atoms with Gasteiger partial charge in [-0.1, -0.05) is 32.9 Å². The Balaban J connectivity index is 2.82. The maximum absolute atomic E-state index is 5.46. The number of halogens is 1. The SMILES string of the molecule is NC1=IC=CC=C1. The van der Waals surface area contributed by atoms with Gasteiger partial charge in [-0.25, -0.2) is 0 Å². The predicted molar refractivity (Wildman–Crippen MR) is 41.5 cm³/mol. The molecule has 0 bridgehead atoms. The van der Waals surface area contributed by atoms with Gasteiger partial charge in [0.25, 0.3) is 0 Å². The topological polar surface area (TPSA) is 26.0 Å². The van der Waals surface area contributed by atoms with Gasteiger partial charge in [0, 0.05) is 3.63 Å². The van der Waals surface area contributed by atoms with Crippen molar-refractivity contribution in [1.82, 2.24) is 0 Å². The molecule has 1 rings (SSSR count). The van der Waals surface area contributed by atoms with Crippen molar-refractivity contribution in [2.45, 2.75) is 0 Å². The van der Waals surface area contributed by atoms with Gasteiger partial charge >= 0.3 is 0 Å². The van der Waals surface area contributed by atoms with Crippen LogP contribution in [0, 0.1) is 0 Å². The van der Waals surface area contributed by atoms with E-state index in [2.05, 4.69) is 4.08 Å². The van der Waals surface area contributed by atoms with Gasteiger partial charge in [-0.2, -0.15) is 0 Å². The standard InChI is InChI=1S/C5H6IN/c7-5-3-1-2-4-6-5/h1-4H,7H2. The molecule has 2 heteroatoms. The number of nitrogens with two attached hydrogens (primary N) is 1. The average molecular weight is 207 g/mol. The first-order valence-corrected chi connectivity index (χ1v) is 4.31. The molecule has 1 nitrogen and oxygen atoms in total. The molecule has 0 fully saturated rings. The van der Waals surface area contributed by atoms with Crippen molar-refractivity contribution in [2.75, 3.05) is 0 Å². The second-order valence-corrected chi connectivity index (χ2v) is 3.76. The minimum atomic E-state index is 0.0790. The summed E-state index contributed by atoms with van der Waals surface area (Å²) in [7, 11) is 0. The molecule has 0 amide bonds. The molecule has 0 unspecified atom stereocenters.